The zero-order valence-electron chi connectivity index (χ0n) is 11.1. The summed E-state index contributed by atoms with van der Waals surface area (Å²) in [6.07, 6.45) is 9.88. The van der Waals surface area contributed by atoms with Crippen LogP contribution >= 0.6 is 0 Å². The van der Waals surface area contributed by atoms with Gasteiger partial charge in [-0.3, -0.25) is 0 Å². The maximum absolute atomic E-state index is 3.85. The first kappa shape index (κ1) is 14.7. The number of unbranched alkanes of at least 4 members (excludes halogenated alkanes) is 3. The monoisotopic (exact) mass is 224 g/mol. The molecular weight excluding hydrogens is 196 g/mol. The van der Waals surface area contributed by atoms with Gasteiger partial charge >= 0.3 is 0 Å². The van der Waals surface area contributed by atoms with E-state index in [9.17, 15) is 0 Å². The van der Waals surface area contributed by atoms with E-state index in [2.05, 4.69) is 38.8 Å². The van der Waals surface area contributed by atoms with Crippen LogP contribution in [0.2, 0.25) is 19.6 Å². The van der Waals surface area contributed by atoms with Gasteiger partial charge in [0.15, 0.2) is 0 Å². The van der Waals surface area contributed by atoms with Crippen molar-refractivity contribution in [1.82, 2.24) is 0 Å². The molecule has 88 valence electrons. The molecule has 0 fully saturated rings. The number of hydrogen-bond acceptors (Lipinski definition) is 0. The molecule has 0 aliphatic carbocycles. The third-order valence-corrected chi connectivity index (χ3v) is 3.67. The Morgan fingerprint density at radius 2 is 1.80 bits per heavy atom. The van der Waals surface area contributed by atoms with Gasteiger partial charge in [-0.2, -0.15) is 0 Å². The summed E-state index contributed by atoms with van der Waals surface area (Å²) in [5.74, 6) is 0. The molecule has 0 radical (unpaired) electrons. The second kappa shape index (κ2) is 7.92. The van der Waals surface area contributed by atoms with E-state index in [1.165, 1.54) is 32.1 Å². The molecule has 0 saturated carbocycles. The van der Waals surface area contributed by atoms with E-state index in [1.54, 1.807) is 5.57 Å². The molecule has 0 aliphatic rings. The highest BCUT2D eigenvalue weighted by Gasteiger charge is 2.10. The quantitative estimate of drug-likeness (QED) is 0.297. The smallest absolute Gasteiger partial charge is 0.0686 e. The molecular formula is C14H28Si. The average Bonchev–Trinajstić information content (AvgIpc) is 2.10. The molecule has 0 saturated heterocycles. The van der Waals surface area contributed by atoms with Crippen molar-refractivity contribution in [3.63, 3.8) is 0 Å². The fraction of sp³-hybridized carbons (Fsp3) is 0.714. The van der Waals surface area contributed by atoms with Gasteiger partial charge in [0.05, 0.1) is 8.07 Å². The van der Waals surface area contributed by atoms with Crippen molar-refractivity contribution in [2.75, 3.05) is 0 Å². The Labute approximate surface area is 97.5 Å². The lowest BCUT2D eigenvalue weighted by Gasteiger charge is -2.13. The average molecular weight is 224 g/mol. The summed E-state index contributed by atoms with van der Waals surface area (Å²) in [6, 6.07) is 0. The first-order valence-electron chi connectivity index (χ1n) is 6.31. The lowest BCUT2D eigenvalue weighted by Crippen LogP contribution is -2.16. The van der Waals surface area contributed by atoms with E-state index in [0.717, 1.165) is 6.42 Å². The highest BCUT2D eigenvalue weighted by Crippen LogP contribution is 2.17. The Balaban J connectivity index is 4.04. The zero-order valence-corrected chi connectivity index (χ0v) is 12.1. The molecule has 0 atom stereocenters. The van der Waals surface area contributed by atoms with Crippen molar-refractivity contribution in [2.45, 2.75) is 65.1 Å². The first-order chi connectivity index (χ1) is 6.99. The standard InChI is InChI=1S/C14H28Si/c1-6-8-9-10-12-14(11-7-2)13-15(3,4)5/h7,13H,2,6,8-12H2,1,3-5H3. The molecule has 0 aliphatic heterocycles. The predicted octanol–water partition coefficient (Wildman–Crippen LogP) is 5.34. The fourth-order valence-corrected chi connectivity index (χ4v) is 3.30. The predicted molar refractivity (Wildman–Crippen MR) is 75.0 cm³/mol. The van der Waals surface area contributed by atoms with E-state index in [4.69, 9.17) is 0 Å². The van der Waals surface area contributed by atoms with Gasteiger partial charge in [0.2, 0.25) is 0 Å². The van der Waals surface area contributed by atoms with Crippen molar-refractivity contribution >= 4 is 8.07 Å². The Morgan fingerprint density at radius 3 is 2.27 bits per heavy atom. The van der Waals surface area contributed by atoms with Gasteiger partial charge in [-0.1, -0.05) is 63.2 Å². The van der Waals surface area contributed by atoms with Crippen LogP contribution in [0.15, 0.2) is 23.9 Å². The van der Waals surface area contributed by atoms with Gasteiger partial charge in [0.25, 0.3) is 0 Å². The number of hydrogen-bond donors (Lipinski definition) is 0. The van der Waals surface area contributed by atoms with Crippen LogP contribution < -0.4 is 0 Å². The Kier molecular flexibility index (Phi) is 7.76. The molecule has 0 spiro atoms. The molecule has 0 unspecified atom stereocenters. The first-order valence-corrected chi connectivity index (χ1v) is 9.89. The molecule has 0 heterocycles. The molecule has 0 nitrogen and oxygen atoms in total. The molecule has 0 aromatic carbocycles. The second-order valence-corrected chi connectivity index (χ2v) is 10.5. The summed E-state index contributed by atoms with van der Waals surface area (Å²) in [7, 11) is -1.04. The topological polar surface area (TPSA) is 0 Å². The van der Waals surface area contributed by atoms with Crippen LogP contribution in [0.1, 0.15) is 45.4 Å². The Hall–Kier alpha value is -0.303. The van der Waals surface area contributed by atoms with Crippen molar-refractivity contribution < 1.29 is 0 Å². The molecule has 0 aromatic heterocycles. The Morgan fingerprint density at radius 1 is 1.13 bits per heavy atom. The van der Waals surface area contributed by atoms with E-state index in [0.29, 0.717) is 0 Å². The third kappa shape index (κ3) is 9.99. The van der Waals surface area contributed by atoms with Gasteiger partial charge in [0.1, 0.15) is 0 Å². The molecule has 0 aromatic rings. The van der Waals surface area contributed by atoms with Gasteiger partial charge in [-0.25, -0.2) is 0 Å². The summed E-state index contributed by atoms with van der Waals surface area (Å²) in [6.45, 7) is 13.3. The van der Waals surface area contributed by atoms with Crippen LogP contribution in [0.3, 0.4) is 0 Å². The van der Waals surface area contributed by atoms with Crippen molar-refractivity contribution in [3.8, 4) is 0 Å². The van der Waals surface area contributed by atoms with Crippen LogP contribution in [0, 0.1) is 0 Å². The van der Waals surface area contributed by atoms with E-state index in [-0.39, 0.29) is 0 Å². The second-order valence-electron chi connectivity index (χ2n) is 5.47. The van der Waals surface area contributed by atoms with Crippen molar-refractivity contribution in [3.05, 3.63) is 23.9 Å². The normalized spacial score (nSPS) is 12.9. The summed E-state index contributed by atoms with van der Waals surface area (Å²) in [4.78, 5) is 0. The summed E-state index contributed by atoms with van der Waals surface area (Å²) in [5, 5.41) is 0. The maximum Gasteiger partial charge on any atom is 0.0686 e. The third-order valence-electron chi connectivity index (χ3n) is 2.40. The summed E-state index contributed by atoms with van der Waals surface area (Å²) in [5.41, 5.74) is 4.18. The fourth-order valence-electron chi connectivity index (χ4n) is 1.81. The van der Waals surface area contributed by atoms with Gasteiger partial charge in [0, 0.05) is 0 Å². The van der Waals surface area contributed by atoms with Crippen LogP contribution in [-0.2, 0) is 0 Å². The summed E-state index contributed by atoms with van der Waals surface area (Å²) >= 11 is 0. The lowest BCUT2D eigenvalue weighted by atomic mass is 10.1. The van der Waals surface area contributed by atoms with E-state index < -0.39 is 8.07 Å². The molecule has 0 bridgehead atoms. The van der Waals surface area contributed by atoms with E-state index in [1.807, 2.05) is 6.08 Å². The minimum atomic E-state index is -1.04. The molecule has 1 heteroatoms. The zero-order chi connectivity index (χ0) is 11.7. The van der Waals surface area contributed by atoms with Crippen LogP contribution in [-0.4, -0.2) is 8.07 Å². The number of allylic oxidation sites excluding steroid dienone is 2. The van der Waals surface area contributed by atoms with Crippen LogP contribution in [0.4, 0.5) is 0 Å². The van der Waals surface area contributed by atoms with Crippen molar-refractivity contribution in [2.24, 2.45) is 0 Å². The van der Waals surface area contributed by atoms with Gasteiger partial charge in [-0.05, 0) is 19.3 Å². The summed E-state index contributed by atoms with van der Waals surface area (Å²) < 4.78 is 0. The lowest BCUT2D eigenvalue weighted by molar-refractivity contribution is 0.661. The SMILES string of the molecule is C=CCC(=C[Si](C)(C)C)CCCCCC. The molecule has 0 rings (SSSR count). The highest BCUT2D eigenvalue weighted by atomic mass is 28.3. The van der Waals surface area contributed by atoms with Crippen molar-refractivity contribution in [1.29, 1.82) is 0 Å². The van der Waals surface area contributed by atoms with Crippen LogP contribution in [0.25, 0.3) is 0 Å². The molecule has 0 amide bonds. The van der Waals surface area contributed by atoms with E-state index >= 15 is 0 Å². The minimum Gasteiger partial charge on any atom is -0.103 e. The van der Waals surface area contributed by atoms with Gasteiger partial charge < -0.3 is 0 Å². The van der Waals surface area contributed by atoms with Crippen LogP contribution in [0.5, 0.6) is 0 Å². The number of rotatable bonds is 8. The van der Waals surface area contributed by atoms with Gasteiger partial charge in [-0.15, -0.1) is 6.58 Å². The molecule has 0 N–H and O–H groups in total. The highest BCUT2D eigenvalue weighted by molar-refractivity contribution is 6.81. The Bertz CT molecular complexity index is 196. The molecule has 15 heavy (non-hydrogen) atoms. The maximum atomic E-state index is 3.85. The minimum absolute atomic E-state index is 1.04. The largest absolute Gasteiger partial charge is 0.103 e.